The van der Waals surface area contributed by atoms with Crippen LogP contribution in [0, 0.1) is 34.5 Å². The number of hydrogen-bond donors (Lipinski definition) is 4. The first-order valence-electron chi connectivity index (χ1n) is 7.25. The summed E-state index contributed by atoms with van der Waals surface area (Å²) in [5.41, 5.74) is 11.1. The van der Waals surface area contributed by atoms with E-state index in [1.54, 1.807) is 0 Å². The summed E-state index contributed by atoms with van der Waals surface area (Å²) in [6, 6.07) is 0. The molecule has 6 heteroatoms. The first-order chi connectivity index (χ1) is 9.23. The van der Waals surface area contributed by atoms with Gasteiger partial charge in [0.1, 0.15) is 0 Å². The molecule has 0 spiro atoms. The van der Waals surface area contributed by atoms with Crippen LogP contribution >= 0.6 is 0 Å². The summed E-state index contributed by atoms with van der Waals surface area (Å²) in [4.78, 5) is 0. The average molecular weight is 282 g/mol. The smallest absolute Gasteiger partial charge is 0.0956 e. The molecule has 0 saturated carbocycles. The van der Waals surface area contributed by atoms with E-state index in [0.717, 1.165) is 12.8 Å². The summed E-state index contributed by atoms with van der Waals surface area (Å²) in [5.74, 6) is 1.21. The van der Waals surface area contributed by atoms with Gasteiger partial charge in [0.25, 0.3) is 0 Å². The summed E-state index contributed by atoms with van der Waals surface area (Å²) in [5, 5.41) is 23.4. The van der Waals surface area contributed by atoms with Crippen LogP contribution in [0.25, 0.3) is 0 Å². The van der Waals surface area contributed by atoms with Gasteiger partial charge < -0.3 is 11.5 Å². The van der Waals surface area contributed by atoms with E-state index in [4.69, 9.17) is 22.3 Å². The van der Waals surface area contributed by atoms with Gasteiger partial charge >= 0.3 is 0 Å². The van der Waals surface area contributed by atoms with Crippen LogP contribution in [0.3, 0.4) is 0 Å². The van der Waals surface area contributed by atoms with E-state index >= 15 is 0 Å². The summed E-state index contributed by atoms with van der Waals surface area (Å²) >= 11 is 0. The van der Waals surface area contributed by atoms with Crippen molar-refractivity contribution in [3.63, 3.8) is 0 Å². The Morgan fingerprint density at radius 2 is 1.10 bits per heavy atom. The SMILES string of the molecule is CC(C)CC(CN=NCC(CC(C)C)C(=N)N)C(=N)N. The first kappa shape index (κ1) is 18.5. The second-order valence-corrected chi connectivity index (χ2v) is 6.21. The van der Waals surface area contributed by atoms with Crippen LogP contribution in [0.1, 0.15) is 40.5 Å². The zero-order chi connectivity index (χ0) is 15.7. The fraction of sp³-hybridized carbons (Fsp3) is 0.857. The van der Waals surface area contributed by atoms with E-state index in [1.165, 1.54) is 0 Å². The molecule has 6 nitrogen and oxygen atoms in total. The minimum absolute atomic E-state index is 0.0420. The first-order valence-corrected chi connectivity index (χ1v) is 7.25. The second kappa shape index (κ2) is 9.44. The molecule has 0 saturated heterocycles. The van der Waals surface area contributed by atoms with Gasteiger partial charge in [-0.25, -0.2) is 0 Å². The molecule has 0 rings (SSSR count). The maximum atomic E-state index is 7.55. The maximum absolute atomic E-state index is 7.55. The fourth-order valence-electron chi connectivity index (χ4n) is 2.05. The van der Waals surface area contributed by atoms with E-state index in [9.17, 15) is 0 Å². The number of nitrogens with zero attached hydrogens (tertiary/aromatic N) is 2. The van der Waals surface area contributed by atoms with Crippen LogP contribution in [0.15, 0.2) is 10.2 Å². The molecule has 0 aliphatic rings. The predicted molar refractivity (Wildman–Crippen MR) is 84.3 cm³/mol. The molecule has 6 N–H and O–H groups in total. The van der Waals surface area contributed by atoms with Crippen molar-refractivity contribution >= 4 is 11.7 Å². The lowest BCUT2D eigenvalue weighted by Gasteiger charge is -2.16. The van der Waals surface area contributed by atoms with Gasteiger partial charge in [0.2, 0.25) is 0 Å². The van der Waals surface area contributed by atoms with Crippen molar-refractivity contribution in [3.8, 4) is 0 Å². The quantitative estimate of drug-likeness (QED) is 0.279. The monoisotopic (exact) mass is 282 g/mol. The van der Waals surface area contributed by atoms with Gasteiger partial charge in [0.15, 0.2) is 0 Å². The van der Waals surface area contributed by atoms with Crippen molar-refractivity contribution in [2.24, 2.45) is 45.4 Å². The molecule has 2 atom stereocenters. The number of azo groups is 1. The van der Waals surface area contributed by atoms with Crippen molar-refractivity contribution < 1.29 is 0 Å². The van der Waals surface area contributed by atoms with Crippen molar-refractivity contribution in [2.45, 2.75) is 40.5 Å². The van der Waals surface area contributed by atoms with Crippen LogP contribution in [-0.2, 0) is 0 Å². The highest BCUT2D eigenvalue weighted by molar-refractivity contribution is 5.80. The third-order valence-electron chi connectivity index (χ3n) is 3.10. The largest absolute Gasteiger partial charge is 0.387 e. The molecule has 0 aliphatic carbocycles. The zero-order valence-electron chi connectivity index (χ0n) is 13.2. The number of amidine groups is 2. The van der Waals surface area contributed by atoms with E-state index in [0.29, 0.717) is 24.9 Å². The Bertz CT molecular complexity index is 303. The highest BCUT2D eigenvalue weighted by Crippen LogP contribution is 2.14. The fourth-order valence-corrected chi connectivity index (χ4v) is 2.05. The Morgan fingerprint density at radius 1 is 0.800 bits per heavy atom. The van der Waals surface area contributed by atoms with E-state index in [1.807, 2.05) is 0 Å². The van der Waals surface area contributed by atoms with Crippen LogP contribution in [0.4, 0.5) is 0 Å². The van der Waals surface area contributed by atoms with Gasteiger partial charge in [-0.15, -0.1) is 0 Å². The predicted octanol–water partition coefficient (Wildman–Crippen LogP) is 2.64. The Balaban J connectivity index is 4.32. The summed E-state index contributed by atoms with van der Waals surface area (Å²) in [7, 11) is 0. The third-order valence-corrected chi connectivity index (χ3v) is 3.10. The molecular weight excluding hydrogens is 252 g/mol. The standard InChI is InChI=1S/C14H30N6/c1-9(2)5-11(13(15)16)7-19-20-8-12(14(17)18)6-10(3)4/h9-12H,5-8H2,1-4H3,(H3,15,16)(H3,17,18). The molecular formula is C14H30N6. The van der Waals surface area contributed by atoms with Crippen molar-refractivity contribution in [2.75, 3.05) is 13.1 Å². The van der Waals surface area contributed by atoms with E-state index in [2.05, 4.69) is 37.9 Å². The molecule has 0 aromatic rings. The summed E-state index contributed by atoms with van der Waals surface area (Å²) in [6.07, 6.45) is 1.69. The van der Waals surface area contributed by atoms with Gasteiger partial charge in [-0.05, 0) is 24.7 Å². The highest BCUT2D eigenvalue weighted by atomic mass is 15.1. The normalized spacial score (nSPS) is 14.9. The Hall–Kier alpha value is -1.46. The van der Waals surface area contributed by atoms with Crippen LogP contribution in [-0.4, -0.2) is 24.8 Å². The van der Waals surface area contributed by atoms with Gasteiger partial charge in [-0.3, -0.25) is 10.8 Å². The molecule has 0 aromatic carbocycles. The van der Waals surface area contributed by atoms with Gasteiger partial charge in [-0.1, -0.05) is 27.7 Å². The molecule has 0 amide bonds. The number of hydrogen-bond acceptors (Lipinski definition) is 4. The minimum Gasteiger partial charge on any atom is -0.387 e. The van der Waals surface area contributed by atoms with E-state index in [-0.39, 0.29) is 23.5 Å². The molecule has 0 radical (unpaired) electrons. The summed E-state index contributed by atoms with van der Waals surface area (Å²) < 4.78 is 0. The lowest BCUT2D eigenvalue weighted by atomic mass is 9.96. The van der Waals surface area contributed by atoms with Gasteiger partial charge in [-0.2, -0.15) is 10.2 Å². The molecule has 0 bridgehead atoms. The van der Waals surface area contributed by atoms with Crippen LogP contribution in [0.5, 0.6) is 0 Å². The third kappa shape index (κ3) is 8.61. The highest BCUT2D eigenvalue weighted by Gasteiger charge is 2.15. The molecule has 20 heavy (non-hydrogen) atoms. The minimum atomic E-state index is -0.0420. The van der Waals surface area contributed by atoms with Crippen molar-refractivity contribution in [3.05, 3.63) is 0 Å². The van der Waals surface area contributed by atoms with Crippen molar-refractivity contribution in [1.82, 2.24) is 0 Å². The maximum Gasteiger partial charge on any atom is 0.0956 e. The molecule has 0 aromatic heterocycles. The second-order valence-electron chi connectivity index (χ2n) is 6.21. The molecule has 2 unspecified atom stereocenters. The Labute approximate surface area is 122 Å². The summed E-state index contributed by atoms with van der Waals surface area (Å²) in [6.45, 7) is 9.28. The lowest BCUT2D eigenvalue weighted by Crippen LogP contribution is -2.27. The number of nitrogens with one attached hydrogen (secondary N) is 2. The zero-order valence-corrected chi connectivity index (χ0v) is 13.2. The number of nitrogens with two attached hydrogens (primary N) is 2. The van der Waals surface area contributed by atoms with E-state index < -0.39 is 0 Å². The van der Waals surface area contributed by atoms with Gasteiger partial charge in [0.05, 0.1) is 24.8 Å². The number of rotatable bonds is 10. The average Bonchev–Trinajstić information content (AvgIpc) is 2.29. The molecule has 0 fully saturated rings. The molecule has 116 valence electrons. The van der Waals surface area contributed by atoms with Crippen molar-refractivity contribution in [1.29, 1.82) is 10.8 Å². The van der Waals surface area contributed by atoms with Crippen LogP contribution in [0.2, 0.25) is 0 Å². The molecule has 0 aliphatic heterocycles. The van der Waals surface area contributed by atoms with Gasteiger partial charge in [0, 0.05) is 11.8 Å². The Morgan fingerprint density at radius 3 is 1.30 bits per heavy atom. The molecule has 0 heterocycles. The topological polar surface area (TPSA) is 124 Å². The Kier molecular flexibility index (Phi) is 8.76. The van der Waals surface area contributed by atoms with Crippen LogP contribution < -0.4 is 11.5 Å². The lowest BCUT2D eigenvalue weighted by molar-refractivity contribution is 0.476.